The van der Waals surface area contributed by atoms with Gasteiger partial charge in [-0.15, -0.1) is 5.10 Å². The Balaban J connectivity index is 1.45. The van der Waals surface area contributed by atoms with E-state index in [4.69, 9.17) is 10.7 Å². The van der Waals surface area contributed by atoms with E-state index in [-0.39, 0.29) is 29.1 Å². The van der Waals surface area contributed by atoms with E-state index in [0.29, 0.717) is 29.5 Å². The third-order valence-corrected chi connectivity index (χ3v) is 7.53. The van der Waals surface area contributed by atoms with Crippen LogP contribution in [-0.4, -0.2) is 37.6 Å². The number of pyridine rings is 1. The van der Waals surface area contributed by atoms with Crippen LogP contribution in [0, 0.1) is 17.7 Å². The Kier molecular flexibility index (Phi) is 3.22. The number of nitrogens with two attached hydrogens (primary N) is 1. The van der Waals surface area contributed by atoms with Crippen molar-refractivity contribution >= 4 is 23.2 Å². The minimum Gasteiger partial charge on any atom is -0.381 e. The molecule has 0 aromatic carbocycles. The second kappa shape index (κ2) is 5.72. The summed E-state index contributed by atoms with van der Waals surface area (Å²) >= 11 is 0. The molecule has 8 nitrogen and oxygen atoms in total. The zero-order valence-electron chi connectivity index (χ0n) is 16.9. The van der Waals surface area contributed by atoms with Gasteiger partial charge in [0.2, 0.25) is 0 Å². The van der Waals surface area contributed by atoms with Gasteiger partial charge in [-0.2, -0.15) is 0 Å². The van der Waals surface area contributed by atoms with Gasteiger partial charge in [0.25, 0.3) is 5.91 Å². The second-order valence-electron chi connectivity index (χ2n) is 9.49. The average Bonchev–Trinajstić information content (AvgIpc) is 3.62. The predicted octanol–water partition coefficient (Wildman–Crippen LogP) is 2.25. The first-order valence-electron chi connectivity index (χ1n) is 10.9. The lowest BCUT2D eigenvalue weighted by molar-refractivity contribution is 0.0931. The molecule has 2 aliphatic heterocycles. The number of carbonyl (C=O) groups is 1. The molecule has 3 fully saturated rings. The van der Waals surface area contributed by atoms with Crippen molar-refractivity contribution in [2.75, 3.05) is 17.2 Å². The minimum atomic E-state index is -0.309. The summed E-state index contributed by atoms with van der Waals surface area (Å²) in [5.41, 5.74) is 8.53. The molecule has 3 atom stereocenters. The fourth-order valence-corrected chi connectivity index (χ4v) is 5.61. The maximum Gasteiger partial charge on any atom is 0.259 e. The number of piperidine rings is 1. The van der Waals surface area contributed by atoms with E-state index in [1.807, 2.05) is 6.07 Å². The van der Waals surface area contributed by atoms with Crippen molar-refractivity contribution in [1.82, 2.24) is 24.9 Å². The smallest absolute Gasteiger partial charge is 0.259 e. The molecule has 0 radical (unpaired) electrons. The van der Waals surface area contributed by atoms with E-state index in [0.717, 1.165) is 49.3 Å². The molecule has 5 heterocycles. The molecule has 3 N–H and O–H groups in total. The summed E-state index contributed by atoms with van der Waals surface area (Å²) in [6.45, 7) is 0.865. The number of halogens is 1. The van der Waals surface area contributed by atoms with Crippen LogP contribution in [0.2, 0.25) is 0 Å². The number of amides is 1. The van der Waals surface area contributed by atoms with Gasteiger partial charge in [0, 0.05) is 24.0 Å². The van der Waals surface area contributed by atoms with Crippen molar-refractivity contribution in [3.05, 3.63) is 47.2 Å². The van der Waals surface area contributed by atoms with Gasteiger partial charge in [-0.3, -0.25) is 9.78 Å². The predicted molar refractivity (Wildman–Crippen MR) is 111 cm³/mol. The van der Waals surface area contributed by atoms with Crippen molar-refractivity contribution in [2.45, 2.75) is 43.7 Å². The average molecular weight is 419 g/mol. The van der Waals surface area contributed by atoms with Crippen LogP contribution in [0.3, 0.4) is 0 Å². The Bertz CT molecular complexity index is 1270. The first-order chi connectivity index (χ1) is 15.0. The number of nitrogens with one attached hydrogen (secondary N) is 1. The van der Waals surface area contributed by atoms with Gasteiger partial charge in [0.1, 0.15) is 17.2 Å². The molecule has 3 aromatic heterocycles. The lowest BCUT2D eigenvalue weighted by atomic mass is 9.96. The summed E-state index contributed by atoms with van der Waals surface area (Å²) < 4.78 is 15.9. The summed E-state index contributed by atoms with van der Waals surface area (Å²) in [5, 5.41) is 7.48. The van der Waals surface area contributed by atoms with E-state index < -0.39 is 0 Å². The molecule has 31 heavy (non-hydrogen) atoms. The van der Waals surface area contributed by atoms with Gasteiger partial charge in [-0.25, -0.2) is 13.9 Å². The third kappa shape index (κ3) is 2.52. The Morgan fingerprint density at radius 3 is 3.00 bits per heavy atom. The second-order valence-corrected chi connectivity index (χ2v) is 9.49. The molecule has 9 heteroatoms. The standard InChI is InChI=1S/C22H22FN7O/c23-12-8-14-15(25-9-12)1-3-22(4-5-22)27-21(31)17-19(24)28-30-6-2-16(26-20(17)30)29-10-11-7-13(11)18(14)29/h2,6,8-9,11,13,18H,1,3-5,7,10H2,(H2,24,28)(H,27,31). The zero-order chi connectivity index (χ0) is 20.9. The van der Waals surface area contributed by atoms with Crippen molar-refractivity contribution < 1.29 is 9.18 Å². The van der Waals surface area contributed by atoms with Crippen molar-refractivity contribution in [3.63, 3.8) is 0 Å². The molecule has 3 aromatic rings. The minimum absolute atomic E-state index is 0.0430. The highest BCUT2D eigenvalue weighted by atomic mass is 19.1. The van der Waals surface area contributed by atoms with E-state index in [9.17, 15) is 9.18 Å². The summed E-state index contributed by atoms with van der Waals surface area (Å²) in [6, 6.07) is 3.59. The lowest BCUT2D eigenvalue weighted by Gasteiger charge is -2.30. The van der Waals surface area contributed by atoms with Crippen LogP contribution in [0.4, 0.5) is 16.0 Å². The van der Waals surface area contributed by atoms with Crippen LogP contribution >= 0.6 is 0 Å². The Morgan fingerprint density at radius 2 is 2.16 bits per heavy atom. The molecule has 2 aliphatic carbocycles. The third-order valence-electron chi connectivity index (χ3n) is 7.53. The molecule has 1 spiro atoms. The van der Waals surface area contributed by atoms with Gasteiger partial charge in [0.05, 0.1) is 12.2 Å². The maximum atomic E-state index is 14.3. The van der Waals surface area contributed by atoms with E-state index >= 15 is 0 Å². The molecule has 3 unspecified atom stereocenters. The highest BCUT2D eigenvalue weighted by Gasteiger charge is 2.54. The molecule has 2 saturated carbocycles. The van der Waals surface area contributed by atoms with Crippen molar-refractivity contribution in [3.8, 4) is 0 Å². The molecule has 7 rings (SSSR count). The topological polar surface area (TPSA) is 101 Å². The van der Waals surface area contributed by atoms with Crippen molar-refractivity contribution in [2.24, 2.45) is 11.8 Å². The number of fused-ring (bicyclic) bond motifs is 7. The van der Waals surface area contributed by atoms with Gasteiger partial charge >= 0.3 is 0 Å². The molecular weight excluding hydrogens is 397 g/mol. The largest absolute Gasteiger partial charge is 0.381 e. The van der Waals surface area contributed by atoms with Crippen LogP contribution in [0.5, 0.6) is 0 Å². The van der Waals surface area contributed by atoms with Crippen LogP contribution in [0.15, 0.2) is 24.5 Å². The molecule has 4 aliphatic rings. The van der Waals surface area contributed by atoms with E-state index in [1.165, 1.54) is 6.20 Å². The number of nitrogen functional groups attached to an aromatic ring is 1. The quantitative estimate of drug-likeness (QED) is 0.580. The molecular formula is C22H22FN7O. The summed E-state index contributed by atoms with van der Waals surface area (Å²) in [4.78, 5) is 24.8. The number of hydrogen-bond acceptors (Lipinski definition) is 6. The number of rotatable bonds is 0. The first kappa shape index (κ1) is 17.5. The normalized spacial score (nSPS) is 27.7. The number of nitrogens with zero attached hydrogens (tertiary/aromatic N) is 5. The summed E-state index contributed by atoms with van der Waals surface area (Å²) in [6.07, 6.45) is 7.53. The summed E-state index contributed by atoms with van der Waals surface area (Å²) in [5.74, 6) is 1.46. The van der Waals surface area contributed by atoms with Gasteiger partial charge in [-0.1, -0.05) is 0 Å². The van der Waals surface area contributed by atoms with Gasteiger partial charge in [-0.05, 0) is 61.6 Å². The first-order valence-corrected chi connectivity index (χ1v) is 10.9. The lowest BCUT2D eigenvalue weighted by Crippen LogP contribution is -2.37. The Morgan fingerprint density at radius 1 is 1.29 bits per heavy atom. The summed E-state index contributed by atoms with van der Waals surface area (Å²) in [7, 11) is 0. The van der Waals surface area contributed by atoms with Crippen LogP contribution in [0.1, 0.15) is 53.3 Å². The fraction of sp³-hybridized carbons (Fsp3) is 0.455. The van der Waals surface area contributed by atoms with Crippen molar-refractivity contribution in [1.29, 1.82) is 0 Å². The van der Waals surface area contributed by atoms with E-state index in [2.05, 4.69) is 20.3 Å². The number of aromatic nitrogens is 4. The zero-order valence-corrected chi connectivity index (χ0v) is 16.9. The molecule has 158 valence electrons. The van der Waals surface area contributed by atoms with Gasteiger partial charge < -0.3 is 16.0 Å². The maximum absolute atomic E-state index is 14.3. The number of anilines is 2. The Hall–Kier alpha value is -3.23. The molecule has 1 amide bonds. The number of carbonyl (C=O) groups excluding carboxylic acids is 1. The van der Waals surface area contributed by atoms with Gasteiger partial charge in [0.15, 0.2) is 11.5 Å². The Labute approximate surface area is 177 Å². The van der Waals surface area contributed by atoms with E-state index in [1.54, 1.807) is 16.8 Å². The van der Waals surface area contributed by atoms with Crippen LogP contribution in [0.25, 0.3) is 5.65 Å². The number of aryl methyl sites for hydroxylation is 1. The highest BCUT2D eigenvalue weighted by molar-refractivity contribution is 6.04. The monoisotopic (exact) mass is 419 g/mol. The molecule has 2 bridgehead atoms. The van der Waals surface area contributed by atoms with Crippen LogP contribution < -0.4 is 16.0 Å². The number of hydrogen-bond donors (Lipinski definition) is 2. The van der Waals surface area contributed by atoms with Crippen LogP contribution in [-0.2, 0) is 6.42 Å². The molecule has 1 saturated heterocycles. The SMILES string of the molecule is Nc1nn2ccc3nc2c1C(=O)NC1(CCc2ncc(F)cc2C2C4CC4CN32)CC1. The fourth-order valence-electron chi connectivity index (χ4n) is 5.61. The highest BCUT2D eigenvalue weighted by Crippen LogP contribution is 2.58.